The third kappa shape index (κ3) is 8.15. The van der Waals surface area contributed by atoms with Crippen LogP contribution >= 0.6 is 0 Å². The molecule has 10 heteroatoms. The van der Waals surface area contributed by atoms with Crippen molar-refractivity contribution in [2.24, 2.45) is 35.0 Å². The fourth-order valence-electron chi connectivity index (χ4n) is 8.71. The SMILES string of the molecule is [C-]#[N+]c1c(CC2C(CC(C)C)CC(C)CC2C(C)(C)C)c2nc(-c3cc(C)cc(C)c3OCCOC)[nH]n2c1OC(=O)N1CC(C)OC(C)C1. The van der Waals surface area contributed by atoms with E-state index in [0.29, 0.717) is 79.5 Å². The summed E-state index contributed by atoms with van der Waals surface area (Å²) in [4.78, 5) is 24.7. The van der Waals surface area contributed by atoms with Crippen LogP contribution < -0.4 is 9.47 Å². The van der Waals surface area contributed by atoms with Crippen LogP contribution in [0.4, 0.5) is 10.5 Å². The average Bonchev–Trinajstić information content (AvgIpc) is 3.55. The van der Waals surface area contributed by atoms with E-state index in [-0.39, 0.29) is 23.5 Å². The molecule has 274 valence electrons. The standard InChI is InChI=1S/C40H59N5O5/c1-23(2)15-29-17-25(4)19-33(40(8,9)10)30(29)20-31-34(41-11)38(50-39(46)44-21-27(6)49-28(7)22-44)45-37(31)42-36(43-45)32-18-24(3)16-26(5)35(32)48-14-13-47-12/h16,18,23,25,27-30,33H,13-15,17,19-22H2,1-10,12H3,(H,42,43). The fraction of sp³-hybridized carbons (Fsp3) is 0.675. The summed E-state index contributed by atoms with van der Waals surface area (Å²) in [6, 6.07) is 4.15. The first-order valence-corrected chi connectivity index (χ1v) is 18.5. The normalized spacial score (nSPS) is 24.5. The van der Waals surface area contributed by atoms with E-state index in [9.17, 15) is 4.79 Å². The molecule has 0 bridgehead atoms. The molecule has 0 spiro atoms. The lowest BCUT2D eigenvalue weighted by atomic mass is 9.57. The second kappa shape index (κ2) is 15.4. The molecule has 0 radical (unpaired) electrons. The number of aromatic amines is 1. The number of morpholine rings is 1. The summed E-state index contributed by atoms with van der Waals surface area (Å²) in [5.74, 6) is 4.02. The molecule has 2 aromatic heterocycles. The highest BCUT2D eigenvalue weighted by molar-refractivity contribution is 5.81. The molecule has 6 unspecified atom stereocenters. The zero-order valence-corrected chi connectivity index (χ0v) is 32.2. The number of fused-ring (bicyclic) bond motifs is 1. The number of benzene rings is 1. The average molecular weight is 690 g/mol. The number of nitrogens with one attached hydrogen (secondary N) is 1. The predicted molar refractivity (Wildman–Crippen MR) is 197 cm³/mol. The van der Waals surface area contributed by atoms with Crippen molar-refractivity contribution in [1.82, 2.24) is 19.5 Å². The molecule has 1 amide bonds. The Morgan fingerprint density at radius 3 is 2.44 bits per heavy atom. The van der Waals surface area contributed by atoms with Gasteiger partial charge in [-0.1, -0.05) is 47.6 Å². The Kier molecular flexibility index (Phi) is 11.6. The number of amides is 1. The van der Waals surface area contributed by atoms with Crippen LogP contribution in [0, 0.1) is 55.4 Å². The van der Waals surface area contributed by atoms with Gasteiger partial charge in [-0.05, 0) is 106 Å². The summed E-state index contributed by atoms with van der Waals surface area (Å²) in [6.07, 6.45) is 3.42. The van der Waals surface area contributed by atoms with E-state index in [4.69, 9.17) is 30.5 Å². The Morgan fingerprint density at radius 1 is 1.12 bits per heavy atom. The van der Waals surface area contributed by atoms with E-state index in [1.807, 2.05) is 20.8 Å². The Hall–Kier alpha value is -3.55. The van der Waals surface area contributed by atoms with Gasteiger partial charge in [0, 0.05) is 12.7 Å². The quantitative estimate of drug-likeness (QED) is 0.169. The molecule has 10 nitrogen and oxygen atoms in total. The number of rotatable bonds is 10. The minimum Gasteiger partial charge on any atom is -0.490 e. The van der Waals surface area contributed by atoms with E-state index in [1.54, 1.807) is 16.5 Å². The number of aromatic nitrogens is 3. The Bertz CT molecular complexity index is 1680. The highest BCUT2D eigenvalue weighted by Gasteiger charge is 2.43. The summed E-state index contributed by atoms with van der Waals surface area (Å²) in [5, 5.41) is 3.45. The van der Waals surface area contributed by atoms with Crippen LogP contribution in [0.3, 0.4) is 0 Å². The lowest BCUT2D eigenvalue weighted by molar-refractivity contribution is -0.0594. The van der Waals surface area contributed by atoms with Crippen LogP contribution in [-0.2, 0) is 15.9 Å². The van der Waals surface area contributed by atoms with Gasteiger partial charge >= 0.3 is 6.09 Å². The van der Waals surface area contributed by atoms with E-state index in [0.717, 1.165) is 40.8 Å². The number of H-pyrrole nitrogens is 1. The largest absolute Gasteiger partial charge is 0.490 e. The number of ether oxygens (including phenoxy) is 4. The number of carbonyl (C=O) groups is 1. The third-order valence-electron chi connectivity index (χ3n) is 10.6. The number of carbonyl (C=O) groups excluding carboxylic acids is 1. The molecule has 5 rings (SSSR count). The maximum Gasteiger partial charge on any atom is 0.415 e. The topological polar surface area (TPSA) is 94.7 Å². The number of hydrogen-bond acceptors (Lipinski definition) is 6. The van der Waals surface area contributed by atoms with Gasteiger partial charge in [-0.25, -0.2) is 19.1 Å². The third-order valence-corrected chi connectivity index (χ3v) is 10.6. The van der Waals surface area contributed by atoms with Crippen molar-refractivity contribution in [1.29, 1.82) is 0 Å². The predicted octanol–water partition coefficient (Wildman–Crippen LogP) is 9.04. The van der Waals surface area contributed by atoms with Crippen molar-refractivity contribution in [3.05, 3.63) is 40.2 Å². The van der Waals surface area contributed by atoms with Crippen molar-refractivity contribution in [3.63, 3.8) is 0 Å². The van der Waals surface area contributed by atoms with E-state index in [1.165, 1.54) is 6.42 Å². The summed E-state index contributed by atoms with van der Waals surface area (Å²) >= 11 is 0. The van der Waals surface area contributed by atoms with Gasteiger partial charge in [0.2, 0.25) is 5.88 Å². The Balaban J connectivity index is 1.67. The van der Waals surface area contributed by atoms with Crippen LogP contribution in [0.5, 0.6) is 11.6 Å². The molecule has 2 fully saturated rings. The molecular weight excluding hydrogens is 630 g/mol. The van der Waals surface area contributed by atoms with Crippen LogP contribution in [-0.4, -0.2) is 71.2 Å². The van der Waals surface area contributed by atoms with Gasteiger partial charge in [-0.15, -0.1) is 0 Å². The molecular formula is C40H59N5O5. The monoisotopic (exact) mass is 689 g/mol. The maximum absolute atomic E-state index is 13.8. The molecule has 1 aromatic carbocycles. The smallest absolute Gasteiger partial charge is 0.415 e. The van der Waals surface area contributed by atoms with Gasteiger partial charge in [-0.2, -0.15) is 0 Å². The zero-order chi connectivity index (χ0) is 36.5. The van der Waals surface area contributed by atoms with Crippen molar-refractivity contribution in [2.45, 2.75) is 107 Å². The summed E-state index contributed by atoms with van der Waals surface area (Å²) in [5.41, 5.74) is 4.77. The molecule has 1 aliphatic heterocycles. The first-order chi connectivity index (χ1) is 23.6. The van der Waals surface area contributed by atoms with Crippen molar-refractivity contribution in [3.8, 4) is 23.0 Å². The van der Waals surface area contributed by atoms with Gasteiger partial charge in [0.1, 0.15) is 18.0 Å². The zero-order valence-electron chi connectivity index (χ0n) is 32.2. The molecule has 1 N–H and O–H groups in total. The molecule has 1 aliphatic carbocycles. The second-order valence-electron chi connectivity index (χ2n) is 16.6. The molecule has 1 saturated carbocycles. The van der Waals surface area contributed by atoms with Crippen molar-refractivity contribution < 1.29 is 23.7 Å². The minimum absolute atomic E-state index is 0.0922. The molecule has 3 heterocycles. The highest BCUT2D eigenvalue weighted by atomic mass is 16.6. The summed E-state index contributed by atoms with van der Waals surface area (Å²) in [7, 11) is 1.66. The fourth-order valence-corrected chi connectivity index (χ4v) is 8.71. The van der Waals surface area contributed by atoms with E-state index in [2.05, 4.69) is 70.5 Å². The van der Waals surface area contributed by atoms with Gasteiger partial charge in [0.05, 0.1) is 44.0 Å². The summed E-state index contributed by atoms with van der Waals surface area (Å²) < 4.78 is 25.3. The number of nitrogens with zero attached hydrogens (tertiary/aromatic N) is 4. The molecule has 2 aliphatic rings. The van der Waals surface area contributed by atoms with Gasteiger partial charge < -0.3 is 23.8 Å². The molecule has 50 heavy (non-hydrogen) atoms. The van der Waals surface area contributed by atoms with Crippen molar-refractivity contribution >= 4 is 17.4 Å². The van der Waals surface area contributed by atoms with Crippen LogP contribution in [0.25, 0.3) is 21.9 Å². The summed E-state index contributed by atoms with van der Waals surface area (Å²) in [6.45, 7) is 32.2. The maximum atomic E-state index is 13.8. The van der Waals surface area contributed by atoms with Crippen LogP contribution in [0.15, 0.2) is 12.1 Å². The van der Waals surface area contributed by atoms with Crippen LogP contribution in [0.2, 0.25) is 0 Å². The van der Waals surface area contributed by atoms with E-state index >= 15 is 0 Å². The second-order valence-corrected chi connectivity index (χ2v) is 16.6. The van der Waals surface area contributed by atoms with Gasteiger partial charge in [0.15, 0.2) is 5.82 Å². The number of aryl methyl sites for hydroxylation is 2. The molecule has 6 atom stereocenters. The number of methoxy groups -OCH3 is 1. The Morgan fingerprint density at radius 2 is 1.82 bits per heavy atom. The van der Waals surface area contributed by atoms with Crippen LogP contribution in [0.1, 0.15) is 91.3 Å². The van der Waals surface area contributed by atoms with Crippen molar-refractivity contribution in [2.75, 3.05) is 33.4 Å². The van der Waals surface area contributed by atoms with Gasteiger partial charge in [0.25, 0.3) is 5.69 Å². The highest BCUT2D eigenvalue weighted by Crippen LogP contribution is 2.51. The first-order valence-electron chi connectivity index (χ1n) is 18.5. The lowest BCUT2D eigenvalue weighted by Crippen LogP contribution is -2.49. The lowest BCUT2D eigenvalue weighted by Gasteiger charge is -2.48. The Labute approximate surface area is 299 Å². The van der Waals surface area contributed by atoms with E-state index < -0.39 is 6.09 Å². The molecule has 1 saturated heterocycles. The molecule has 3 aromatic rings. The minimum atomic E-state index is -0.495. The first kappa shape index (κ1) is 37.7. The van der Waals surface area contributed by atoms with Gasteiger partial charge in [-0.3, -0.25) is 5.10 Å². The number of hydrogen-bond donors (Lipinski definition) is 1.